The summed E-state index contributed by atoms with van der Waals surface area (Å²) in [6.45, 7) is 0.0667. The standard InChI is InChI=1S/C21H23NO7/c1-28-21-19(27)14(12-22(7-9-23)8-10-24)18(26)17-15(25)11-16(29-20(17)21)13-5-3-2-4-6-13/h2-6,11,23-24,26-27H,7-10,12H2,1H3. The molecule has 0 unspecified atom stereocenters. The Morgan fingerprint density at radius 3 is 2.28 bits per heavy atom. The SMILES string of the molecule is COc1c(O)c(CN(CCO)CCO)c(O)c2c(=O)cc(-c3ccccc3)oc12. The van der Waals surface area contributed by atoms with E-state index >= 15 is 0 Å². The molecule has 3 rings (SSSR count). The topological polar surface area (TPSA) is 124 Å². The highest BCUT2D eigenvalue weighted by molar-refractivity contribution is 5.93. The molecule has 154 valence electrons. The van der Waals surface area contributed by atoms with Crippen LogP contribution in [0.4, 0.5) is 0 Å². The van der Waals surface area contributed by atoms with Gasteiger partial charge in [0.1, 0.15) is 16.9 Å². The summed E-state index contributed by atoms with van der Waals surface area (Å²) in [4.78, 5) is 14.4. The second-order valence-electron chi connectivity index (χ2n) is 6.48. The Morgan fingerprint density at radius 1 is 1.03 bits per heavy atom. The third-order valence-electron chi connectivity index (χ3n) is 4.65. The summed E-state index contributed by atoms with van der Waals surface area (Å²) in [5.74, 6) is -0.593. The number of methoxy groups -OCH3 is 1. The first-order valence-electron chi connectivity index (χ1n) is 9.09. The van der Waals surface area contributed by atoms with E-state index in [4.69, 9.17) is 9.15 Å². The molecule has 2 aromatic carbocycles. The number of rotatable bonds is 8. The molecule has 0 aliphatic heterocycles. The molecular formula is C21H23NO7. The summed E-state index contributed by atoms with van der Waals surface area (Å²) >= 11 is 0. The Kier molecular flexibility index (Phi) is 6.38. The van der Waals surface area contributed by atoms with Crippen molar-refractivity contribution in [1.29, 1.82) is 0 Å². The van der Waals surface area contributed by atoms with E-state index in [0.29, 0.717) is 5.56 Å². The fraction of sp³-hybridized carbons (Fsp3) is 0.286. The Balaban J connectivity index is 2.22. The molecule has 0 fully saturated rings. The van der Waals surface area contributed by atoms with Crippen molar-refractivity contribution in [2.24, 2.45) is 0 Å². The average molecular weight is 401 g/mol. The van der Waals surface area contributed by atoms with Crippen molar-refractivity contribution in [1.82, 2.24) is 4.90 Å². The summed E-state index contributed by atoms with van der Waals surface area (Å²) in [6, 6.07) is 10.2. The number of phenolic OH excluding ortho intramolecular Hbond substituents is 2. The number of fused-ring (bicyclic) bond motifs is 1. The van der Waals surface area contributed by atoms with Gasteiger partial charge in [0.25, 0.3) is 0 Å². The normalized spacial score (nSPS) is 11.3. The van der Waals surface area contributed by atoms with E-state index in [1.165, 1.54) is 13.2 Å². The van der Waals surface area contributed by atoms with Gasteiger partial charge in [-0.2, -0.15) is 0 Å². The average Bonchev–Trinajstić information content (AvgIpc) is 2.72. The van der Waals surface area contributed by atoms with E-state index in [-0.39, 0.29) is 66.6 Å². The molecule has 0 aliphatic carbocycles. The highest BCUT2D eigenvalue weighted by atomic mass is 16.5. The van der Waals surface area contributed by atoms with E-state index < -0.39 is 11.2 Å². The van der Waals surface area contributed by atoms with Gasteiger partial charge in [0.2, 0.25) is 5.75 Å². The van der Waals surface area contributed by atoms with Gasteiger partial charge in [-0.25, -0.2) is 0 Å². The Hall–Kier alpha value is -3.07. The van der Waals surface area contributed by atoms with Crippen LogP contribution in [0.2, 0.25) is 0 Å². The van der Waals surface area contributed by atoms with Crippen LogP contribution in [0.15, 0.2) is 45.6 Å². The molecule has 0 amide bonds. The van der Waals surface area contributed by atoms with Crippen LogP contribution >= 0.6 is 0 Å². The Bertz CT molecular complexity index is 1040. The summed E-state index contributed by atoms with van der Waals surface area (Å²) in [5.41, 5.74) is 0.163. The summed E-state index contributed by atoms with van der Waals surface area (Å²) in [7, 11) is 1.32. The zero-order chi connectivity index (χ0) is 21.0. The maximum absolute atomic E-state index is 12.8. The molecule has 0 bridgehead atoms. The molecule has 8 nitrogen and oxygen atoms in total. The van der Waals surface area contributed by atoms with E-state index in [1.807, 2.05) is 6.07 Å². The van der Waals surface area contributed by atoms with E-state index in [0.717, 1.165) is 0 Å². The van der Waals surface area contributed by atoms with Gasteiger partial charge in [-0.3, -0.25) is 9.69 Å². The zero-order valence-electron chi connectivity index (χ0n) is 16.0. The number of aliphatic hydroxyl groups is 2. The van der Waals surface area contributed by atoms with Crippen molar-refractivity contribution in [3.05, 3.63) is 52.2 Å². The van der Waals surface area contributed by atoms with Gasteiger partial charge in [-0.15, -0.1) is 0 Å². The Morgan fingerprint density at radius 2 is 1.69 bits per heavy atom. The maximum Gasteiger partial charge on any atom is 0.205 e. The van der Waals surface area contributed by atoms with Crippen LogP contribution in [0.25, 0.3) is 22.3 Å². The summed E-state index contributed by atoms with van der Waals surface area (Å²) in [5, 5.41) is 39.7. The lowest BCUT2D eigenvalue weighted by Gasteiger charge is -2.22. The van der Waals surface area contributed by atoms with E-state index in [1.54, 1.807) is 29.2 Å². The third kappa shape index (κ3) is 4.04. The molecule has 3 aromatic rings. The molecular weight excluding hydrogens is 378 g/mol. The quantitative estimate of drug-likeness (QED) is 0.449. The largest absolute Gasteiger partial charge is 0.507 e. The number of phenols is 2. The second kappa shape index (κ2) is 8.95. The third-order valence-corrected chi connectivity index (χ3v) is 4.65. The van der Waals surface area contributed by atoms with Gasteiger partial charge in [0, 0.05) is 31.3 Å². The number of aliphatic hydroxyl groups excluding tert-OH is 2. The lowest BCUT2D eigenvalue weighted by Crippen LogP contribution is -2.29. The van der Waals surface area contributed by atoms with Gasteiger partial charge in [0.05, 0.1) is 25.9 Å². The van der Waals surface area contributed by atoms with Crippen LogP contribution in [-0.4, -0.2) is 58.7 Å². The number of ether oxygens (including phenoxy) is 1. The molecule has 0 aliphatic rings. The van der Waals surface area contributed by atoms with Crippen molar-refractivity contribution in [2.75, 3.05) is 33.4 Å². The molecule has 4 N–H and O–H groups in total. The molecule has 8 heteroatoms. The van der Waals surface area contributed by atoms with Crippen LogP contribution in [0, 0.1) is 0 Å². The zero-order valence-corrected chi connectivity index (χ0v) is 16.0. The maximum atomic E-state index is 12.8. The number of aromatic hydroxyl groups is 2. The van der Waals surface area contributed by atoms with Crippen LogP contribution in [0.5, 0.6) is 17.2 Å². The van der Waals surface area contributed by atoms with Gasteiger partial charge in [0.15, 0.2) is 16.8 Å². The smallest absolute Gasteiger partial charge is 0.205 e. The van der Waals surface area contributed by atoms with Crippen molar-refractivity contribution in [3.63, 3.8) is 0 Å². The lowest BCUT2D eigenvalue weighted by atomic mass is 10.0. The van der Waals surface area contributed by atoms with Gasteiger partial charge in [-0.05, 0) is 0 Å². The molecule has 29 heavy (non-hydrogen) atoms. The summed E-state index contributed by atoms with van der Waals surface area (Å²) in [6.07, 6.45) is 0. The molecule has 0 spiro atoms. The van der Waals surface area contributed by atoms with Crippen molar-refractivity contribution in [3.8, 4) is 28.6 Å². The number of benzene rings is 2. The predicted octanol–water partition coefficient (Wildman–Crippen LogP) is 1.67. The van der Waals surface area contributed by atoms with E-state index in [2.05, 4.69) is 0 Å². The van der Waals surface area contributed by atoms with Crippen molar-refractivity contribution >= 4 is 11.0 Å². The minimum Gasteiger partial charge on any atom is -0.507 e. The van der Waals surface area contributed by atoms with Crippen LogP contribution in [-0.2, 0) is 6.54 Å². The predicted molar refractivity (Wildman–Crippen MR) is 107 cm³/mol. The molecule has 1 heterocycles. The monoisotopic (exact) mass is 401 g/mol. The minimum absolute atomic E-state index is 0.00896. The number of nitrogens with zero attached hydrogens (tertiary/aromatic N) is 1. The lowest BCUT2D eigenvalue weighted by molar-refractivity contribution is 0.153. The number of hydrogen-bond acceptors (Lipinski definition) is 8. The molecule has 0 atom stereocenters. The van der Waals surface area contributed by atoms with Crippen LogP contribution < -0.4 is 10.2 Å². The highest BCUT2D eigenvalue weighted by Crippen LogP contribution is 2.44. The number of hydrogen-bond donors (Lipinski definition) is 4. The van der Waals surface area contributed by atoms with E-state index in [9.17, 15) is 25.2 Å². The molecule has 1 aromatic heterocycles. The molecule has 0 saturated heterocycles. The van der Waals surface area contributed by atoms with Gasteiger partial charge >= 0.3 is 0 Å². The second-order valence-corrected chi connectivity index (χ2v) is 6.48. The first-order chi connectivity index (χ1) is 14.0. The van der Waals surface area contributed by atoms with Crippen LogP contribution in [0.1, 0.15) is 5.56 Å². The summed E-state index contributed by atoms with van der Waals surface area (Å²) < 4.78 is 11.1. The Labute approximate surface area is 166 Å². The first-order valence-corrected chi connectivity index (χ1v) is 9.09. The molecule has 0 radical (unpaired) electrons. The van der Waals surface area contributed by atoms with Gasteiger partial charge in [-0.1, -0.05) is 30.3 Å². The highest BCUT2D eigenvalue weighted by Gasteiger charge is 2.25. The van der Waals surface area contributed by atoms with Crippen molar-refractivity contribution < 1.29 is 29.6 Å². The fourth-order valence-corrected chi connectivity index (χ4v) is 3.25. The fourth-order valence-electron chi connectivity index (χ4n) is 3.25. The van der Waals surface area contributed by atoms with Gasteiger partial charge < -0.3 is 29.6 Å². The van der Waals surface area contributed by atoms with Crippen LogP contribution in [0.3, 0.4) is 0 Å². The minimum atomic E-state index is -0.488. The van der Waals surface area contributed by atoms with Crippen molar-refractivity contribution in [2.45, 2.75) is 6.54 Å². The molecule has 0 saturated carbocycles. The first kappa shape index (κ1) is 20.7.